The van der Waals surface area contributed by atoms with Crippen molar-refractivity contribution in [3.8, 4) is 0 Å². The predicted octanol–water partition coefficient (Wildman–Crippen LogP) is 3.82. The van der Waals surface area contributed by atoms with Crippen molar-refractivity contribution in [2.75, 3.05) is 6.54 Å². The van der Waals surface area contributed by atoms with Gasteiger partial charge in [-0.05, 0) is 43.1 Å². The number of halogens is 1. The normalized spacial score (nSPS) is 12.9. The average molecular weight is 256 g/mol. The van der Waals surface area contributed by atoms with E-state index in [-0.39, 0.29) is 0 Å². The zero-order valence-corrected chi connectivity index (χ0v) is 10.7. The Hall–Kier alpha value is -0.340. The number of hydrogen-bond donors (Lipinski definition) is 1. The molecule has 0 aliphatic rings. The second kappa shape index (κ2) is 5.52. The number of benzene rings is 1. The Morgan fingerprint density at radius 2 is 2.00 bits per heavy atom. The fourth-order valence-corrected chi connectivity index (χ4v) is 2.34. The van der Waals surface area contributed by atoms with Crippen molar-refractivity contribution in [3.63, 3.8) is 0 Å². The van der Waals surface area contributed by atoms with Crippen LogP contribution < -0.4 is 5.32 Å². The van der Waals surface area contributed by atoms with Crippen LogP contribution in [0.25, 0.3) is 0 Å². The molecule has 1 aromatic rings. The standard InChI is InChI=1S/C12H18BrN/c1-4-12(14-5-2)10-6-9(3)7-11(13)8-10/h6-8,12,14H,4-5H2,1-3H3. The first kappa shape index (κ1) is 11.7. The summed E-state index contributed by atoms with van der Waals surface area (Å²) in [4.78, 5) is 0. The van der Waals surface area contributed by atoms with E-state index in [9.17, 15) is 0 Å². The van der Waals surface area contributed by atoms with Gasteiger partial charge in [-0.25, -0.2) is 0 Å². The van der Waals surface area contributed by atoms with E-state index in [1.54, 1.807) is 0 Å². The van der Waals surface area contributed by atoms with Gasteiger partial charge in [-0.2, -0.15) is 0 Å². The molecule has 0 saturated carbocycles. The summed E-state index contributed by atoms with van der Waals surface area (Å²) in [5, 5.41) is 3.48. The van der Waals surface area contributed by atoms with Crippen molar-refractivity contribution in [1.82, 2.24) is 5.32 Å². The van der Waals surface area contributed by atoms with Crippen LogP contribution in [0.2, 0.25) is 0 Å². The number of aryl methyl sites for hydroxylation is 1. The van der Waals surface area contributed by atoms with E-state index in [1.165, 1.54) is 15.6 Å². The first-order valence-corrected chi connectivity index (χ1v) is 5.97. The van der Waals surface area contributed by atoms with E-state index in [1.807, 2.05) is 0 Å². The van der Waals surface area contributed by atoms with Crippen LogP contribution in [0, 0.1) is 6.92 Å². The lowest BCUT2D eigenvalue weighted by Crippen LogP contribution is -2.20. The third kappa shape index (κ3) is 3.10. The van der Waals surface area contributed by atoms with Gasteiger partial charge in [-0.1, -0.05) is 35.8 Å². The van der Waals surface area contributed by atoms with E-state index in [0.29, 0.717) is 6.04 Å². The van der Waals surface area contributed by atoms with E-state index < -0.39 is 0 Å². The zero-order chi connectivity index (χ0) is 10.6. The molecule has 1 rings (SSSR count). The number of rotatable bonds is 4. The van der Waals surface area contributed by atoms with Crippen molar-refractivity contribution in [2.45, 2.75) is 33.2 Å². The fraction of sp³-hybridized carbons (Fsp3) is 0.500. The Morgan fingerprint density at radius 3 is 2.50 bits per heavy atom. The maximum atomic E-state index is 3.53. The molecule has 1 nitrogen and oxygen atoms in total. The fourth-order valence-electron chi connectivity index (χ4n) is 1.71. The molecule has 1 unspecified atom stereocenters. The average Bonchev–Trinajstić information content (AvgIpc) is 2.12. The lowest BCUT2D eigenvalue weighted by Gasteiger charge is -2.17. The summed E-state index contributed by atoms with van der Waals surface area (Å²) in [6.07, 6.45) is 1.13. The van der Waals surface area contributed by atoms with Crippen molar-refractivity contribution in [3.05, 3.63) is 33.8 Å². The monoisotopic (exact) mass is 255 g/mol. The number of hydrogen-bond acceptors (Lipinski definition) is 1. The van der Waals surface area contributed by atoms with Crippen molar-refractivity contribution >= 4 is 15.9 Å². The quantitative estimate of drug-likeness (QED) is 0.863. The van der Waals surface area contributed by atoms with Gasteiger partial charge in [0.1, 0.15) is 0 Å². The molecule has 1 aromatic carbocycles. The van der Waals surface area contributed by atoms with Crippen LogP contribution in [0.15, 0.2) is 22.7 Å². The zero-order valence-electron chi connectivity index (χ0n) is 9.10. The Bertz CT molecular complexity index is 276. The molecule has 0 aliphatic heterocycles. The highest BCUT2D eigenvalue weighted by Crippen LogP contribution is 2.22. The van der Waals surface area contributed by atoms with Crippen LogP contribution in [0.5, 0.6) is 0 Å². The van der Waals surface area contributed by atoms with Crippen LogP contribution in [-0.4, -0.2) is 6.54 Å². The molecule has 14 heavy (non-hydrogen) atoms. The summed E-state index contributed by atoms with van der Waals surface area (Å²) in [5.74, 6) is 0. The van der Waals surface area contributed by atoms with E-state index in [4.69, 9.17) is 0 Å². The Balaban J connectivity index is 2.91. The lowest BCUT2D eigenvalue weighted by molar-refractivity contribution is 0.537. The summed E-state index contributed by atoms with van der Waals surface area (Å²) >= 11 is 3.53. The molecular weight excluding hydrogens is 238 g/mol. The molecule has 0 bridgehead atoms. The summed E-state index contributed by atoms with van der Waals surface area (Å²) in [7, 11) is 0. The summed E-state index contributed by atoms with van der Waals surface area (Å²) in [6.45, 7) is 7.51. The predicted molar refractivity (Wildman–Crippen MR) is 65.6 cm³/mol. The summed E-state index contributed by atoms with van der Waals surface area (Å²) in [5.41, 5.74) is 2.69. The maximum absolute atomic E-state index is 3.53. The minimum absolute atomic E-state index is 0.483. The van der Waals surface area contributed by atoms with Crippen LogP contribution >= 0.6 is 15.9 Å². The molecule has 0 spiro atoms. The van der Waals surface area contributed by atoms with E-state index in [0.717, 1.165) is 13.0 Å². The van der Waals surface area contributed by atoms with E-state index in [2.05, 4.69) is 60.2 Å². The Kier molecular flexibility index (Phi) is 4.63. The molecular formula is C12H18BrN. The Labute approximate surface area is 95.0 Å². The molecule has 0 amide bonds. The largest absolute Gasteiger partial charge is 0.310 e. The second-order valence-corrected chi connectivity index (χ2v) is 4.50. The smallest absolute Gasteiger partial charge is 0.0318 e. The number of nitrogens with one attached hydrogen (secondary N) is 1. The third-order valence-corrected chi connectivity index (χ3v) is 2.78. The van der Waals surface area contributed by atoms with E-state index >= 15 is 0 Å². The first-order valence-electron chi connectivity index (χ1n) is 5.17. The molecule has 78 valence electrons. The Morgan fingerprint density at radius 1 is 1.29 bits per heavy atom. The SMILES string of the molecule is CCNC(CC)c1cc(C)cc(Br)c1. The van der Waals surface area contributed by atoms with Crippen molar-refractivity contribution in [2.24, 2.45) is 0 Å². The van der Waals surface area contributed by atoms with Crippen LogP contribution in [0.3, 0.4) is 0 Å². The van der Waals surface area contributed by atoms with Gasteiger partial charge in [0.05, 0.1) is 0 Å². The second-order valence-electron chi connectivity index (χ2n) is 3.58. The highest BCUT2D eigenvalue weighted by atomic mass is 79.9. The highest BCUT2D eigenvalue weighted by Gasteiger charge is 2.08. The van der Waals surface area contributed by atoms with Gasteiger partial charge in [0.2, 0.25) is 0 Å². The molecule has 0 aliphatic carbocycles. The molecule has 0 saturated heterocycles. The van der Waals surface area contributed by atoms with Gasteiger partial charge in [-0.3, -0.25) is 0 Å². The minimum atomic E-state index is 0.483. The van der Waals surface area contributed by atoms with Gasteiger partial charge >= 0.3 is 0 Å². The topological polar surface area (TPSA) is 12.0 Å². The molecule has 2 heteroatoms. The summed E-state index contributed by atoms with van der Waals surface area (Å²) < 4.78 is 1.17. The van der Waals surface area contributed by atoms with Crippen LogP contribution in [0.1, 0.15) is 37.4 Å². The van der Waals surface area contributed by atoms with Gasteiger partial charge in [0.25, 0.3) is 0 Å². The minimum Gasteiger partial charge on any atom is -0.310 e. The van der Waals surface area contributed by atoms with Crippen molar-refractivity contribution in [1.29, 1.82) is 0 Å². The lowest BCUT2D eigenvalue weighted by atomic mass is 10.0. The van der Waals surface area contributed by atoms with Gasteiger partial charge < -0.3 is 5.32 Å². The summed E-state index contributed by atoms with van der Waals surface area (Å²) in [6, 6.07) is 7.07. The van der Waals surface area contributed by atoms with Gasteiger partial charge in [0, 0.05) is 10.5 Å². The molecule has 1 atom stereocenters. The van der Waals surface area contributed by atoms with Crippen LogP contribution in [0.4, 0.5) is 0 Å². The molecule has 0 fully saturated rings. The molecule has 1 N–H and O–H groups in total. The highest BCUT2D eigenvalue weighted by molar-refractivity contribution is 9.10. The maximum Gasteiger partial charge on any atom is 0.0318 e. The van der Waals surface area contributed by atoms with Crippen molar-refractivity contribution < 1.29 is 0 Å². The van der Waals surface area contributed by atoms with Crippen LogP contribution in [-0.2, 0) is 0 Å². The molecule has 0 aromatic heterocycles. The third-order valence-electron chi connectivity index (χ3n) is 2.33. The molecule has 0 heterocycles. The van der Waals surface area contributed by atoms with Gasteiger partial charge in [0.15, 0.2) is 0 Å². The first-order chi connectivity index (χ1) is 6.67. The van der Waals surface area contributed by atoms with Gasteiger partial charge in [-0.15, -0.1) is 0 Å². The molecule has 0 radical (unpaired) electrons.